The maximum atomic E-state index is 12.1. The van der Waals surface area contributed by atoms with Crippen LogP contribution < -0.4 is 4.90 Å². The van der Waals surface area contributed by atoms with Gasteiger partial charge in [0.2, 0.25) is 5.91 Å². The van der Waals surface area contributed by atoms with E-state index in [2.05, 4.69) is 17.0 Å². The molecule has 0 radical (unpaired) electrons. The Morgan fingerprint density at radius 3 is 2.55 bits per heavy atom. The summed E-state index contributed by atoms with van der Waals surface area (Å²) in [7, 11) is 2.04. The van der Waals surface area contributed by atoms with Gasteiger partial charge >= 0.3 is 0 Å². The molecule has 0 saturated carbocycles. The van der Waals surface area contributed by atoms with E-state index in [1.54, 1.807) is 0 Å². The highest BCUT2D eigenvalue weighted by Gasteiger charge is 2.27. The molecule has 3 nitrogen and oxygen atoms in total. The van der Waals surface area contributed by atoms with Crippen LogP contribution in [0.25, 0.3) is 0 Å². The molecule has 0 N–H and O–H groups in total. The first-order valence-corrected chi connectivity index (χ1v) is 6.85. The van der Waals surface area contributed by atoms with Crippen molar-refractivity contribution < 1.29 is 4.79 Å². The van der Waals surface area contributed by atoms with Gasteiger partial charge in [0, 0.05) is 12.2 Å². The number of fused-ring (bicyclic) bond motifs is 1. The first-order chi connectivity index (χ1) is 9.74. The molecule has 1 aliphatic heterocycles. The maximum absolute atomic E-state index is 12.1. The highest BCUT2D eigenvalue weighted by Crippen LogP contribution is 2.28. The lowest BCUT2D eigenvalue weighted by Crippen LogP contribution is -2.37. The van der Waals surface area contributed by atoms with E-state index in [9.17, 15) is 4.79 Å². The predicted octanol–water partition coefficient (Wildman–Crippen LogP) is 2.67. The minimum absolute atomic E-state index is 0.186. The Morgan fingerprint density at radius 1 is 1.05 bits per heavy atom. The second kappa shape index (κ2) is 5.47. The molecule has 0 aromatic heterocycles. The van der Waals surface area contributed by atoms with E-state index in [0.717, 1.165) is 17.8 Å². The van der Waals surface area contributed by atoms with Crippen LogP contribution in [0.4, 0.5) is 5.69 Å². The zero-order valence-electron chi connectivity index (χ0n) is 11.6. The van der Waals surface area contributed by atoms with Crippen molar-refractivity contribution in [1.29, 1.82) is 0 Å². The second-order valence-corrected chi connectivity index (χ2v) is 5.27. The Morgan fingerprint density at radius 2 is 1.75 bits per heavy atom. The van der Waals surface area contributed by atoms with Gasteiger partial charge in [0.1, 0.15) is 0 Å². The SMILES string of the molecule is CN(Cc1ccccc1)CN1C(=O)Cc2ccccc21. The van der Waals surface area contributed by atoms with Crippen LogP contribution in [0.15, 0.2) is 54.6 Å². The minimum atomic E-state index is 0.186. The van der Waals surface area contributed by atoms with Crippen molar-refractivity contribution in [1.82, 2.24) is 4.90 Å². The van der Waals surface area contributed by atoms with Crippen molar-refractivity contribution in [2.45, 2.75) is 13.0 Å². The fourth-order valence-corrected chi connectivity index (χ4v) is 2.66. The average molecular weight is 266 g/mol. The number of benzene rings is 2. The third-order valence-corrected chi connectivity index (χ3v) is 3.60. The minimum Gasteiger partial charge on any atom is -0.298 e. The number of para-hydroxylation sites is 1. The molecule has 2 aromatic carbocycles. The number of carbonyl (C=O) groups excluding carboxylic acids is 1. The van der Waals surface area contributed by atoms with Crippen molar-refractivity contribution in [2.24, 2.45) is 0 Å². The number of carbonyl (C=O) groups is 1. The van der Waals surface area contributed by atoms with E-state index < -0.39 is 0 Å². The van der Waals surface area contributed by atoms with Gasteiger partial charge in [-0.1, -0.05) is 48.5 Å². The molecule has 3 heteroatoms. The van der Waals surface area contributed by atoms with Crippen LogP contribution in [0, 0.1) is 0 Å². The van der Waals surface area contributed by atoms with Gasteiger partial charge in [-0.05, 0) is 24.2 Å². The first-order valence-electron chi connectivity index (χ1n) is 6.85. The molecule has 102 valence electrons. The van der Waals surface area contributed by atoms with Gasteiger partial charge < -0.3 is 0 Å². The van der Waals surface area contributed by atoms with Crippen molar-refractivity contribution in [3.8, 4) is 0 Å². The molecule has 0 atom stereocenters. The van der Waals surface area contributed by atoms with Crippen LogP contribution in [0.1, 0.15) is 11.1 Å². The molecule has 0 saturated heterocycles. The van der Waals surface area contributed by atoms with Crippen molar-refractivity contribution in [3.05, 3.63) is 65.7 Å². The van der Waals surface area contributed by atoms with E-state index in [1.165, 1.54) is 5.56 Å². The van der Waals surface area contributed by atoms with Crippen LogP contribution >= 0.6 is 0 Å². The first kappa shape index (κ1) is 12.9. The van der Waals surface area contributed by atoms with Gasteiger partial charge in [-0.2, -0.15) is 0 Å². The van der Waals surface area contributed by atoms with Gasteiger partial charge in [0.05, 0.1) is 13.1 Å². The van der Waals surface area contributed by atoms with Gasteiger partial charge in [0.15, 0.2) is 0 Å². The Bertz CT molecular complexity index is 609. The molecule has 20 heavy (non-hydrogen) atoms. The molecule has 0 spiro atoms. The maximum Gasteiger partial charge on any atom is 0.232 e. The summed E-state index contributed by atoms with van der Waals surface area (Å²) < 4.78 is 0. The van der Waals surface area contributed by atoms with Gasteiger partial charge in [-0.25, -0.2) is 0 Å². The van der Waals surface area contributed by atoms with E-state index >= 15 is 0 Å². The molecule has 1 aliphatic rings. The largest absolute Gasteiger partial charge is 0.298 e. The molecule has 0 aliphatic carbocycles. The molecular formula is C17H18N2O. The number of hydrogen-bond acceptors (Lipinski definition) is 2. The number of rotatable bonds is 4. The highest BCUT2D eigenvalue weighted by molar-refractivity contribution is 6.01. The van der Waals surface area contributed by atoms with E-state index in [1.807, 2.05) is 54.4 Å². The lowest BCUT2D eigenvalue weighted by Gasteiger charge is -2.25. The molecular weight excluding hydrogens is 248 g/mol. The molecule has 0 fully saturated rings. The number of hydrogen-bond donors (Lipinski definition) is 0. The van der Waals surface area contributed by atoms with Crippen LogP contribution in [0.3, 0.4) is 0 Å². The fourth-order valence-electron chi connectivity index (χ4n) is 2.66. The Labute approximate surface area is 119 Å². The summed E-state index contributed by atoms with van der Waals surface area (Å²) >= 11 is 0. The van der Waals surface area contributed by atoms with Crippen LogP contribution in [0.5, 0.6) is 0 Å². The zero-order valence-corrected chi connectivity index (χ0v) is 11.6. The van der Waals surface area contributed by atoms with Crippen molar-refractivity contribution >= 4 is 11.6 Å². The molecule has 0 bridgehead atoms. The monoisotopic (exact) mass is 266 g/mol. The average Bonchev–Trinajstić information content (AvgIpc) is 2.76. The standard InChI is InChI=1S/C17H18N2O/c1-18(12-14-7-3-2-4-8-14)13-19-16-10-6-5-9-15(16)11-17(19)20/h2-10H,11-13H2,1H3. The number of amides is 1. The molecule has 2 aromatic rings. The summed E-state index contributed by atoms with van der Waals surface area (Å²) in [5.74, 6) is 0.186. The summed E-state index contributed by atoms with van der Waals surface area (Å²) in [4.78, 5) is 16.2. The summed E-state index contributed by atoms with van der Waals surface area (Å²) in [6, 6.07) is 18.3. The predicted molar refractivity (Wildman–Crippen MR) is 80.4 cm³/mol. The van der Waals surface area contributed by atoms with Crippen LogP contribution in [-0.2, 0) is 17.8 Å². The Kier molecular flexibility index (Phi) is 3.52. The summed E-state index contributed by atoms with van der Waals surface area (Å²) in [5.41, 5.74) is 3.44. The quantitative estimate of drug-likeness (QED) is 0.849. The summed E-state index contributed by atoms with van der Waals surface area (Å²) in [6.45, 7) is 1.47. The molecule has 1 heterocycles. The topological polar surface area (TPSA) is 23.6 Å². The molecule has 3 rings (SSSR count). The number of anilines is 1. The van der Waals surface area contributed by atoms with Gasteiger partial charge in [0.25, 0.3) is 0 Å². The summed E-state index contributed by atoms with van der Waals surface area (Å²) in [6.07, 6.45) is 0.523. The highest BCUT2D eigenvalue weighted by atomic mass is 16.2. The van der Waals surface area contributed by atoms with Crippen LogP contribution in [-0.4, -0.2) is 24.5 Å². The van der Waals surface area contributed by atoms with Crippen molar-refractivity contribution in [2.75, 3.05) is 18.6 Å². The van der Waals surface area contributed by atoms with E-state index in [0.29, 0.717) is 13.1 Å². The third kappa shape index (κ3) is 2.58. The normalized spacial score (nSPS) is 13.9. The van der Waals surface area contributed by atoms with Crippen molar-refractivity contribution in [3.63, 3.8) is 0 Å². The third-order valence-electron chi connectivity index (χ3n) is 3.60. The lowest BCUT2D eigenvalue weighted by molar-refractivity contribution is -0.117. The fraction of sp³-hybridized carbons (Fsp3) is 0.235. The van der Waals surface area contributed by atoms with Crippen LogP contribution in [0.2, 0.25) is 0 Å². The number of nitrogens with zero attached hydrogens (tertiary/aromatic N) is 2. The zero-order chi connectivity index (χ0) is 13.9. The molecule has 1 amide bonds. The summed E-state index contributed by atoms with van der Waals surface area (Å²) in [5, 5.41) is 0. The van der Waals surface area contributed by atoms with E-state index in [-0.39, 0.29) is 5.91 Å². The Balaban J connectivity index is 1.70. The van der Waals surface area contributed by atoms with Gasteiger partial charge in [-0.15, -0.1) is 0 Å². The Hall–Kier alpha value is -2.13. The smallest absolute Gasteiger partial charge is 0.232 e. The second-order valence-electron chi connectivity index (χ2n) is 5.27. The molecule has 0 unspecified atom stereocenters. The lowest BCUT2D eigenvalue weighted by atomic mass is 10.2. The van der Waals surface area contributed by atoms with E-state index in [4.69, 9.17) is 0 Å². The van der Waals surface area contributed by atoms with Gasteiger partial charge in [-0.3, -0.25) is 14.6 Å².